The summed E-state index contributed by atoms with van der Waals surface area (Å²) in [5, 5.41) is 2.94. The van der Waals surface area contributed by atoms with Crippen molar-refractivity contribution in [3.05, 3.63) is 48.0 Å². The van der Waals surface area contributed by atoms with Crippen molar-refractivity contribution < 1.29 is 27.4 Å². The van der Waals surface area contributed by atoms with Crippen LogP contribution in [0.15, 0.2) is 42.5 Å². The van der Waals surface area contributed by atoms with Crippen LogP contribution in [0.2, 0.25) is 0 Å². The predicted molar refractivity (Wildman–Crippen MR) is 118 cm³/mol. The van der Waals surface area contributed by atoms with Gasteiger partial charge in [-0.05, 0) is 43.2 Å². The van der Waals surface area contributed by atoms with E-state index in [2.05, 4.69) is 5.32 Å². The van der Waals surface area contributed by atoms with Crippen LogP contribution in [0.1, 0.15) is 31.9 Å². The van der Waals surface area contributed by atoms with Crippen molar-refractivity contribution in [2.45, 2.75) is 26.3 Å². The lowest BCUT2D eigenvalue weighted by atomic mass is 10.0. The van der Waals surface area contributed by atoms with Crippen LogP contribution in [-0.2, 0) is 14.8 Å². The van der Waals surface area contributed by atoms with Gasteiger partial charge in [-0.1, -0.05) is 19.1 Å². The van der Waals surface area contributed by atoms with Crippen molar-refractivity contribution in [3.63, 3.8) is 0 Å². The number of methoxy groups -OCH3 is 1. The number of carbonyl (C=O) groups is 1. The second kappa shape index (κ2) is 9.91. The van der Waals surface area contributed by atoms with Crippen molar-refractivity contribution in [1.82, 2.24) is 5.32 Å². The van der Waals surface area contributed by atoms with Gasteiger partial charge in [0.05, 0.1) is 24.6 Å². The van der Waals surface area contributed by atoms with Crippen LogP contribution in [0.3, 0.4) is 0 Å². The summed E-state index contributed by atoms with van der Waals surface area (Å²) in [6.45, 7) is 4.00. The number of hydrogen-bond acceptors (Lipinski definition) is 6. The van der Waals surface area contributed by atoms with Crippen LogP contribution in [0, 0.1) is 0 Å². The maximum atomic E-state index is 12.8. The third kappa shape index (κ3) is 5.41. The summed E-state index contributed by atoms with van der Waals surface area (Å²) in [5.74, 6) is 1.21. The maximum absolute atomic E-state index is 12.8. The minimum atomic E-state index is -3.69. The number of carbonyl (C=O) groups excluding carboxylic acids is 1. The van der Waals surface area contributed by atoms with E-state index in [-0.39, 0.29) is 18.3 Å². The van der Waals surface area contributed by atoms with Gasteiger partial charge in [0.2, 0.25) is 15.9 Å². The van der Waals surface area contributed by atoms with Gasteiger partial charge in [0, 0.05) is 6.07 Å². The van der Waals surface area contributed by atoms with Gasteiger partial charge in [-0.25, -0.2) is 8.42 Å². The van der Waals surface area contributed by atoms with Gasteiger partial charge in [-0.15, -0.1) is 0 Å². The molecule has 0 aromatic heterocycles. The molecule has 0 unspecified atom stereocenters. The van der Waals surface area contributed by atoms with E-state index < -0.39 is 15.9 Å². The normalized spacial score (nSPS) is 13.9. The molecule has 0 radical (unpaired) electrons. The third-order valence-corrected chi connectivity index (χ3v) is 6.80. The highest BCUT2D eigenvalue weighted by molar-refractivity contribution is 7.92. The average molecular weight is 449 g/mol. The smallest absolute Gasteiger partial charge is 0.241 e. The fourth-order valence-electron chi connectivity index (χ4n) is 3.32. The molecule has 1 heterocycles. The van der Waals surface area contributed by atoms with Gasteiger partial charge < -0.3 is 19.5 Å². The molecule has 168 valence electrons. The molecule has 8 nitrogen and oxygen atoms in total. The summed E-state index contributed by atoms with van der Waals surface area (Å²) in [4.78, 5) is 12.8. The Morgan fingerprint density at radius 2 is 1.77 bits per heavy atom. The van der Waals surface area contributed by atoms with E-state index >= 15 is 0 Å². The highest BCUT2D eigenvalue weighted by Gasteiger charge is 2.26. The number of anilines is 1. The molecule has 3 rings (SSSR count). The lowest BCUT2D eigenvalue weighted by molar-refractivity contribution is -0.120. The van der Waals surface area contributed by atoms with Crippen molar-refractivity contribution in [1.29, 1.82) is 0 Å². The number of hydrogen-bond donors (Lipinski definition) is 1. The molecule has 0 saturated heterocycles. The fraction of sp³-hybridized carbons (Fsp3) is 0.409. The summed E-state index contributed by atoms with van der Waals surface area (Å²) in [6.07, 6.45) is 0.655. The van der Waals surface area contributed by atoms with Crippen LogP contribution in [0.5, 0.6) is 17.2 Å². The number of nitrogens with zero attached hydrogens (tertiary/aromatic N) is 1. The second-order valence-corrected chi connectivity index (χ2v) is 9.22. The third-order valence-electron chi connectivity index (χ3n) is 5.06. The first-order valence-corrected chi connectivity index (χ1v) is 11.8. The van der Waals surface area contributed by atoms with Crippen LogP contribution >= 0.6 is 0 Å². The topological polar surface area (TPSA) is 94.2 Å². The number of sulfonamides is 1. The van der Waals surface area contributed by atoms with Gasteiger partial charge in [-0.2, -0.15) is 0 Å². The first-order chi connectivity index (χ1) is 14.9. The molecule has 0 aliphatic carbocycles. The van der Waals surface area contributed by atoms with Gasteiger partial charge in [0.15, 0.2) is 11.5 Å². The standard InChI is InChI=1S/C22H28N2O6S/c1-4-19(16-6-9-18(28-3)10-7-16)23-22(25)15-24(31(26,27)5-2)17-8-11-20-21(14-17)30-13-12-29-20/h6-11,14,19H,4-5,12-13,15H2,1-3H3,(H,23,25)/t19-/m0/s1. The highest BCUT2D eigenvalue weighted by Crippen LogP contribution is 2.34. The summed E-state index contributed by atoms with van der Waals surface area (Å²) < 4.78 is 42.9. The molecule has 0 saturated carbocycles. The summed E-state index contributed by atoms with van der Waals surface area (Å²) >= 11 is 0. The summed E-state index contributed by atoms with van der Waals surface area (Å²) in [6, 6.07) is 12.0. The Kier molecular flexibility index (Phi) is 7.27. The lowest BCUT2D eigenvalue weighted by Crippen LogP contribution is -2.42. The molecule has 1 N–H and O–H groups in total. The zero-order valence-corrected chi connectivity index (χ0v) is 18.8. The number of rotatable bonds is 9. The predicted octanol–water partition coefficient (Wildman–Crippen LogP) is 2.89. The lowest BCUT2D eigenvalue weighted by Gasteiger charge is -2.26. The van der Waals surface area contributed by atoms with E-state index in [9.17, 15) is 13.2 Å². The van der Waals surface area contributed by atoms with E-state index in [1.807, 2.05) is 31.2 Å². The van der Waals surface area contributed by atoms with E-state index in [1.165, 1.54) is 0 Å². The molecule has 1 aliphatic heterocycles. The Morgan fingerprint density at radius 1 is 1.10 bits per heavy atom. The molecule has 2 aromatic carbocycles. The molecule has 0 bridgehead atoms. The van der Waals surface area contributed by atoms with E-state index in [4.69, 9.17) is 14.2 Å². The van der Waals surface area contributed by atoms with Crippen molar-refractivity contribution >= 4 is 21.6 Å². The van der Waals surface area contributed by atoms with Gasteiger partial charge >= 0.3 is 0 Å². The minimum Gasteiger partial charge on any atom is -0.497 e. The molecule has 2 aromatic rings. The zero-order chi connectivity index (χ0) is 22.4. The molecule has 1 atom stereocenters. The molecular formula is C22H28N2O6S. The Bertz CT molecular complexity index is 1010. The quantitative estimate of drug-likeness (QED) is 0.634. The van der Waals surface area contributed by atoms with Gasteiger partial charge in [0.1, 0.15) is 25.5 Å². The van der Waals surface area contributed by atoms with Crippen LogP contribution in [-0.4, -0.2) is 46.9 Å². The molecule has 1 aliphatic rings. The SMILES string of the molecule is CC[C@H](NC(=O)CN(c1ccc2c(c1)OCCO2)S(=O)(=O)CC)c1ccc(OC)cc1. The van der Waals surface area contributed by atoms with Crippen molar-refractivity contribution in [3.8, 4) is 17.2 Å². The fourth-order valence-corrected chi connectivity index (χ4v) is 4.38. The van der Waals surface area contributed by atoms with Crippen molar-refractivity contribution in [2.75, 3.05) is 36.9 Å². The van der Waals surface area contributed by atoms with Crippen molar-refractivity contribution in [2.24, 2.45) is 0 Å². The van der Waals surface area contributed by atoms with E-state index in [1.54, 1.807) is 32.2 Å². The second-order valence-electron chi connectivity index (χ2n) is 7.04. The number of benzene rings is 2. The molecular weight excluding hydrogens is 420 g/mol. The van der Waals surface area contributed by atoms with Crippen LogP contribution in [0.4, 0.5) is 5.69 Å². The Labute approximate surface area is 183 Å². The largest absolute Gasteiger partial charge is 0.497 e. The number of fused-ring (bicyclic) bond motifs is 1. The Morgan fingerprint density at radius 3 is 2.39 bits per heavy atom. The molecule has 0 spiro atoms. The minimum absolute atomic E-state index is 0.135. The van der Waals surface area contributed by atoms with Crippen LogP contribution < -0.4 is 23.8 Å². The average Bonchev–Trinajstić information content (AvgIpc) is 2.80. The molecule has 1 amide bonds. The highest BCUT2D eigenvalue weighted by atomic mass is 32.2. The Balaban J connectivity index is 1.80. The summed E-state index contributed by atoms with van der Waals surface area (Å²) in [7, 11) is -2.10. The van der Waals surface area contributed by atoms with Gasteiger partial charge in [-0.3, -0.25) is 9.10 Å². The number of amides is 1. The monoisotopic (exact) mass is 448 g/mol. The first kappa shape index (κ1) is 22.7. The molecule has 0 fully saturated rings. The van der Waals surface area contributed by atoms with Crippen LogP contribution in [0.25, 0.3) is 0 Å². The molecule has 31 heavy (non-hydrogen) atoms. The van der Waals surface area contributed by atoms with E-state index in [0.717, 1.165) is 15.6 Å². The Hall–Kier alpha value is -2.94. The number of nitrogens with one attached hydrogen (secondary N) is 1. The maximum Gasteiger partial charge on any atom is 0.241 e. The number of ether oxygens (including phenoxy) is 3. The zero-order valence-electron chi connectivity index (χ0n) is 18.0. The first-order valence-electron chi connectivity index (χ1n) is 10.2. The summed E-state index contributed by atoms with van der Waals surface area (Å²) in [5.41, 5.74) is 1.28. The van der Waals surface area contributed by atoms with E-state index in [0.29, 0.717) is 36.8 Å². The van der Waals surface area contributed by atoms with Gasteiger partial charge in [0.25, 0.3) is 0 Å². The molecule has 9 heteroatoms.